The summed E-state index contributed by atoms with van der Waals surface area (Å²) in [5.74, 6) is -20.1. The van der Waals surface area contributed by atoms with Gasteiger partial charge in [0.15, 0.2) is 59.0 Å². The molecule has 6 aromatic carbocycles. The van der Waals surface area contributed by atoms with Gasteiger partial charge in [0.2, 0.25) is 0 Å². The van der Waals surface area contributed by atoms with Crippen molar-refractivity contribution in [2.45, 2.75) is 221 Å². The Balaban J connectivity index is 0.000000325. The summed E-state index contributed by atoms with van der Waals surface area (Å²) in [7, 11) is -30.0. The first-order chi connectivity index (χ1) is 89.1. The Bertz CT molecular complexity index is 9420. The average molecular weight is 1780 g/mol. The molecule has 0 aromatic heterocycles. The molecule has 0 aliphatic carbocycles. The van der Waals surface area contributed by atoms with Crippen LogP contribution in [0, 0.1) is 0 Å². The maximum Gasteiger partial charge on any atom is 0.175 e. The highest BCUT2D eigenvalue weighted by Gasteiger charge is 2.29. The Morgan fingerprint density at radius 3 is 0.877 bits per heavy atom. The van der Waals surface area contributed by atoms with E-state index < -0.39 is 518 Å². The molecule has 6 fully saturated rings. The lowest BCUT2D eigenvalue weighted by atomic mass is 9.90. The normalized spacial score (nSPS) is 46.1. The molecule has 18 nitrogen and oxygen atoms in total. The molecule has 6 aliphatic rings. The number of piperidine rings is 6. The van der Waals surface area contributed by atoms with Crippen molar-refractivity contribution in [3.05, 3.63) is 178 Å². The van der Waals surface area contributed by atoms with Crippen LogP contribution in [0.5, 0.6) is 0 Å². The minimum atomic E-state index is -5.70. The summed E-state index contributed by atoms with van der Waals surface area (Å²) in [6, 6.07) is -30.2. The highest BCUT2D eigenvalue weighted by Crippen LogP contribution is 2.35. The van der Waals surface area contributed by atoms with Gasteiger partial charge in [-0.15, -0.1) is 0 Å². The first-order valence-corrected chi connectivity index (χ1v) is 43.0. The molecule has 636 valence electrons. The fourth-order valence-corrected chi connectivity index (χ4v) is 11.6. The van der Waals surface area contributed by atoms with Crippen LogP contribution in [0.25, 0.3) is 0 Å². The van der Waals surface area contributed by atoms with Crippen molar-refractivity contribution in [3.8, 4) is 0 Å². The van der Waals surface area contributed by atoms with Gasteiger partial charge in [0.05, 0.1) is 62.3 Å². The second-order valence-corrected chi connectivity index (χ2v) is 32.8. The third kappa shape index (κ3) is 32.1. The highest BCUT2D eigenvalue weighted by atomic mass is 32.2. The van der Waals surface area contributed by atoms with E-state index in [-0.39, 0.29) is 41.3 Å². The number of sulfone groups is 6. The fourth-order valence-electron chi connectivity index (χ4n) is 8.78. The van der Waals surface area contributed by atoms with Gasteiger partial charge in [-0.1, -0.05) is 114 Å². The molecule has 0 spiro atoms. The molecule has 0 radical (unpaired) electrons. The van der Waals surface area contributed by atoms with E-state index in [4.69, 9.17) is 123 Å². The van der Waals surface area contributed by atoms with Crippen LogP contribution in [-0.2, 0) is 59.0 Å². The molecule has 0 unspecified atom stereocenters. The molecular weight excluding hydrogens is 1550 g/mol. The van der Waals surface area contributed by atoms with Gasteiger partial charge < -0.3 is 29.4 Å². The Kier molecular flexibility index (Phi) is 12.3. The van der Waals surface area contributed by atoms with Crippen LogP contribution in [0.2, 0.25) is 0 Å². The Morgan fingerprint density at radius 2 is 0.605 bits per heavy atom. The van der Waals surface area contributed by atoms with Gasteiger partial charge in [-0.2, -0.15) is 0 Å². The monoisotopic (exact) mass is 1780 g/mol. The molecule has 6 aliphatic heterocycles. The van der Waals surface area contributed by atoms with Gasteiger partial charge in [-0.25, -0.2) is 50.5 Å². The van der Waals surface area contributed by atoms with Crippen LogP contribution >= 0.6 is 0 Å². The molecule has 114 heavy (non-hydrogen) atoms. The molecule has 0 N–H and O–H groups in total. The molecule has 6 atom stereocenters. The number of nitrogens with zero attached hydrogens (tertiary/aromatic N) is 6. The molecule has 6 aromatic rings. The van der Waals surface area contributed by atoms with Crippen LogP contribution < -0.4 is 0 Å². The smallest absolute Gasteiger partial charge is 0.175 e. The molecule has 12 rings (SSSR count). The molecule has 0 bridgehead atoms. The van der Waals surface area contributed by atoms with Crippen LogP contribution in [0.15, 0.2) is 174 Å². The van der Waals surface area contributed by atoms with Crippen LogP contribution in [0.4, 0.5) is 0 Å². The lowest BCUT2D eigenvalue weighted by Crippen LogP contribution is -2.34. The van der Waals surface area contributed by atoms with E-state index in [1.54, 1.807) is 0 Å². The maximum absolute atomic E-state index is 12.7. The van der Waals surface area contributed by atoms with E-state index in [2.05, 4.69) is 0 Å². The van der Waals surface area contributed by atoms with E-state index in [0.29, 0.717) is 43.4 Å². The Labute approximate surface area is 816 Å². The molecule has 0 amide bonds. The Hall–Kier alpha value is -5.22. The first kappa shape index (κ1) is 30.1. The van der Waals surface area contributed by atoms with Crippen molar-refractivity contribution >= 4 is 59.0 Å². The van der Waals surface area contributed by atoms with Crippen molar-refractivity contribution in [3.63, 3.8) is 0 Å². The number of hydrogen-bond donors (Lipinski definition) is 0. The predicted molar refractivity (Wildman–Crippen MR) is 470 cm³/mol. The van der Waals surface area contributed by atoms with E-state index in [1.807, 2.05) is 0 Å². The van der Waals surface area contributed by atoms with E-state index in [0.717, 1.165) is 13.8 Å². The summed E-state index contributed by atoms with van der Waals surface area (Å²) in [4.78, 5) is -7.87. The second-order valence-electron chi connectivity index (χ2n) is 22.7. The fraction of sp³-hybridized carbons (Fsp3) is 0.600. The minimum absolute atomic E-state index is 0.0102. The lowest BCUT2D eigenvalue weighted by molar-refractivity contribution is 0.208. The van der Waals surface area contributed by atoms with Gasteiger partial charge in [-0.05, 0) is 334 Å². The standard InChI is InChI=1S/6C15H23NO2S/c6*1-3-9-16-10-5-7-14(12-16)13-6-4-8-15(11-13)19(2,17)18/h6*4,6,8,11,14H,3,5,7,9-10,12H2,1-2H3/t6*14-/m000000/s1/i3D2,4D,5D2,6D,7D2,8D,9D2,10D2,11D,12D2,14D;2D3,4D,5D2,6D,7D2,8D,9D2,10D2,11D,12D2,14D;4D,5D2,6D,7D2,8D,9D2,10D2,11D,12D2,14D;2D3,4D,5D2,6D,7D2,8D,10D2,11D,12D2,14D;4D,5D2,6D,7D2,8D,10D2,11D,12D2,14D;2D3,3D2,4D,6D,8D,9D2,11D. The molecular formula is C90H138N6O12S6. The number of rotatable bonds is 24. The van der Waals surface area contributed by atoms with Gasteiger partial charge in [0.25, 0.3) is 0 Å². The third-order valence-corrected chi connectivity index (χ3v) is 18.7. The van der Waals surface area contributed by atoms with Crippen LogP contribution in [0.1, 0.15) is 349 Å². The predicted octanol–water partition coefficient (Wildman–Crippen LogP) is 16.1. The van der Waals surface area contributed by atoms with Crippen molar-refractivity contribution in [2.24, 2.45) is 0 Å². The van der Waals surface area contributed by atoms with Crippen molar-refractivity contribution < 1.29 is 174 Å². The number of benzene rings is 6. The van der Waals surface area contributed by atoms with E-state index >= 15 is 0 Å². The zero-order chi connectivity index (χ0) is 163. The summed E-state index contributed by atoms with van der Waals surface area (Å²) >= 11 is 0. The van der Waals surface area contributed by atoms with Crippen LogP contribution in [-0.4, -0.2) is 234 Å². The average Bonchev–Trinajstić information content (AvgIpc) is 0.645. The maximum atomic E-state index is 12.7. The van der Waals surface area contributed by atoms with Crippen LogP contribution in [0.3, 0.4) is 0 Å². The van der Waals surface area contributed by atoms with Gasteiger partial charge in [-0.3, -0.25) is 0 Å². The zero-order valence-electron chi connectivity index (χ0n) is 152. The van der Waals surface area contributed by atoms with Gasteiger partial charge in [0.1, 0.15) is 0 Å². The van der Waals surface area contributed by atoms with Crippen molar-refractivity contribution in [2.75, 3.05) is 154 Å². The largest absolute Gasteiger partial charge is 0.303 e. The molecule has 0 saturated carbocycles. The Morgan fingerprint density at radius 1 is 0.351 bits per heavy atom. The quantitative estimate of drug-likeness (QED) is 0.0549. The third-order valence-electron chi connectivity index (χ3n) is 13.6. The summed E-state index contributed by atoms with van der Waals surface area (Å²) < 4.78 is 883. The highest BCUT2D eigenvalue weighted by molar-refractivity contribution is 7.92. The SMILES string of the molecule is [2H]c1c([2H])c([C@H]2CCCN(C([2H])([2H])C([2H])([2H])C)C2)c([2H])c(S(=O)(=O)C([2H])([2H])[2H])c1[2H].[2H]c1c([2H])c([C@]2([2H])C([2H])([2H])N(C([2H])([2H])C([2H])([2H])C)C([2H])([2H])C([2H])([2H])C2([2H])[2H])c([2H])c(S(C)(=O)=O)c1[2H].[2H]c1c([2H])c([C@]2([2H])C([2H])([2H])N(C([2H])([2H])CC)C([2H])([2H])C([2H])([2H])C2([2H])[2H])c([2H])c(S(=O)(=O)C([2H])([2H])[2H])c1[2H].[2H]c1c([2H])c([C@]2([2H])C([2H])([2H])N(C([2H])([2H])CC)C([2H])([2H])C([2H])([2H])C2([2H])[2H])c([2H])c(S(C)(=O)=O)c1[2H].[2H]c1c([2H])c([C@]2([2H])C([2H])([2H])N(CCC)C([2H])([2H])C([2H])([2H])C2([2H])[2H])c([2H])c(S(=O)(=O)C([2H])([2H])[2H])c1[2H].[2H]c1c([2H])c([C@]2([2H])C([2H])([2H])N(CCC)C([2H])([2H])C([2H])([2H])C2([2H])[2H])c([2H])c(S(C)(=O)=O)c1[2H]. The number of likely N-dealkylation sites (tertiary alicyclic amines) is 6. The molecule has 6 heterocycles. The summed E-state index contributed by atoms with van der Waals surface area (Å²) in [5.41, 5.74) is -7.60. The topological polar surface area (TPSA) is 224 Å². The molecule has 24 heteroatoms. The van der Waals surface area contributed by atoms with E-state index in [9.17, 15) is 50.5 Å². The van der Waals surface area contributed by atoms with Gasteiger partial charge in [0, 0.05) is 167 Å². The summed E-state index contributed by atoms with van der Waals surface area (Å²) in [5, 5.41) is 0. The second kappa shape index (κ2) is 46.4. The summed E-state index contributed by atoms with van der Waals surface area (Å²) in [6.45, 7) is -43.6. The summed E-state index contributed by atoms with van der Waals surface area (Å²) in [6.07, 6.45) is -54.8. The van der Waals surface area contributed by atoms with Crippen molar-refractivity contribution in [1.29, 1.82) is 0 Å². The number of hydrogen-bond acceptors (Lipinski definition) is 18. The van der Waals surface area contributed by atoms with Gasteiger partial charge >= 0.3 is 0 Å². The molecule has 6 saturated heterocycles. The van der Waals surface area contributed by atoms with E-state index in [1.165, 1.54) is 25.7 Å². The first-order valence-electron chi connectivity index (χ1n) is 77.8. The van der Waals surface area contributed by atoms with Crippen molar-refractivity contribution in [1.82, 2.24) is 29.4 Å². The minimum Gasteiger partial charge on any atom is -0.303 e. The zero-order valence-corrected chi connectivity index (χ0v) is 66.6. The lowest BCUT2D eigenvalue weighted by Gasteiger charge is -2.32.